The zero-order valence-electron chi connectivity index (χ0n) is 11.4. The lowest BCUT2D eigenvalue weighted by atomic mass is 9.96. The molecule has 0 radical (unpaired) electrons. The van der Waals surface area contributed by atoms with Crippen LogP contribution in [0.15, 0.2) is 18.2 Å². The van der Waals surface area contributed by atoms with Gasteiger partial charge in [-0.1, -0.05) is 6.92 Å². The molecule has 1 heterocycles. The van der Waals surface area contributed by atoms with Gasteiger partial charge in [-0.2, -0.15) is 13.2 Å². The lowest BCUT2D eigenvalue weighted by molar-refractivity contribution is -0.137. The van der Waals surface area contributed by atoms with Gasteiger partial charge in [0, 0.05) is 19.4 Å². The number of halogens is 3. The fraction of sp³-hybridized carbons (Fsp3) is 0.429. The molecule has 0 spiro atoms. The van der Waals surface area contributed by atoms with Gasteiger partial charge < -0.3 is 5.73 Å². The SMILES string of the molecule is CC1CC(=O)N(c2ccc(C(F)(F)F)cc2CN)C(=O)C1. The first-order valence-corrected chi connectivity index (χ1v) is 6.50. The van der Waals surface area contributed by atoms with E-state index in [4.69, 9.17) is 5.73 Å². The second-order valence-corrected chi connectivity index (χ2v) is 5.18. The molecule has 2 amide bonds. The molecule has 0 aliphatic carbocycles. The van der Waals surface area contributed by atoms with Crippen LogP contribution in [0.4, 0.5) is 18.9 Å². The van der Waals surface area contributed by atoms with Crippen molar-refractivity contribution in [2.24, 2.45) is 11.7 Å². The average molecular weight is 300 g/mol. The fourth-order valence-electron chi connectivity index (χ4n) is 2.40. The zero-order chi connectivity index (χ0) is 15.8. The molecule has 2 N–H and O–H groups in total. The molecule has 1 saturated heterocycles. The molecule has 0 saturated carbocycles. The molecule has 0 unspecified atom stereocenters. The molecule has 7 heteroatoms. The predicted octanol–water partition coefficient (Wildman–Crippen LogP) is 2.45. The van der Waals surface area contributed by atoms with Crippen LogP contribution in [0.3, 0.4) is 0 Å². The number of benzene rings is 1. The molecule has 0 aromatic heterocycles. The standard InChI is InChI=1S/C14H15F3N2O2/c1-8-4-12(20)19(13(21)5-8)11-3-2-10(14(15,16)17)6-9(11)7-18/h2-3,6,8H,4-5,7,18H2,1H3. The van der Waals surface area contributed by atoms with Crippen LogP contribution in [0.5, 0.6) is 0 Å². The van der Waals surface area contributed by atoms with Crippen molar-refractivity contribution in [1.29, 1.82) is 0 Å². The molecule has 4 nitrogen and oxygen atoms in total. The van der Waals surface area contributed by atoms with Gasteiger partial charge in [0.05, 0.1) is 11.3 Å². The van der Waals surface area contributed by atoms with E-state index in [-0.39, 0.29) is 36.6 Å². The zero-order valence-corrected chi connectivity index (χ0v) is 11.4. The van der Waals surface area contributed by atoms with Crippen molar-refractivity contribution < 1.29 is 22.8 Å². The van der Waals surface area contributed by atoms with Crippen molar-refractivity contribution >= 4 is 17.5 Å². The van der Waals surface area contributed by atoms with Gasteiger partial charge >= 0.3 is 6.18 Å². The normalized spacial score (nSPS) is 17.5. The van der Waals surface area contributed by atoms with Gasteiger partial charge in [-0.05, 0) is 29.7 Å². The Bertz CT molecular complexity index is 566. The highest BCUT2D eigenvalue weighted by Crippen LogP contribution is 2.34. The summed E-state index contributed by atoms with van der Waals surface area (Å²) in [5.41, 5.74) is 4.89. The highest BCUT2D eigenvalue weighted by atomic mass is 19.4. The van der Waals surface area contributed by atoms with E-state index in [2.05, 4.69) is 0 Å². The molecular weight excluding hydrogens is 285 g/mol. The van der Waals surface area contributed by atoms with Gasteiger partial charge in [-0.3, -0.25) is 14.5 Å². The van der Waals surface area contributed by atoms with Crippen LogP contribution < -0.4 is 10.6 Å². The molecule has 2 rings (SSSR count). The number of anilines is 1. The van der Waals surface area contributed by atoms with Gasteiger partial charge in [0.15, 0.2) is 0 Å². The smallest absolute Gasteiger partial charge is 0.326 e. The van der Waals surface area contributed by atoms with Crippen LogP contribution >= 0.6 is 0 Å². The molecule has 1 aromatic carbocycles. The predicted molar refractivity (Wildman–Crippen MR) is 70.2 cm³/mol. The summed E-state index contributed by atoms with van der Waals surface area (Å²) in [6.07, 6.45) is -4.11. The number of carbonyl (C=O) groups is 2. The first-order chi connectivity index (χ1) is 9.74. The minimum atomic E-state index is -4.49. The number of imide groups is 1. The highest BCUT2D eigenvalue weighted by molar-refractivity contribution is 6.17. The van der Waals surface area contributed by atoms with E-state index in [1.54, 1.807) is 6.92 Å². The van der Waals surface area contributed by atoms with E-state index in [9.17, 15) is 22.8 Å². The van der Waals surface area contributed by atoms with E-state index in [0.29, 0.717) is 0 Å². The van der Waals surface area contributed by atoms with E-state index in [0.717, 1.165) is 23.1 Å². The Morgan fingerprint density at radius 1 is 1.24 bits per heavy atom. The summed E-state index contributed by atoms with van der Waals surface area (Å²) in [7, 11) is 0. The summed E-state index contributed by atoms with van der Waals surface area (Å²) in [4.78, 5) is 25.0. The Balaban J connectivity index is 2.44. The molecule has 114 valence electrons. The number of hydrogen-bond acceptors (Lipinski definition) is 3. The Morgan fingerprint density at radius 2 is 1.81 bits per heavy atom. The van der Waals surface area contributed by atoms with Crippen molar-refractivity contribution in [3.8, 4) is 0 Å². The van der Waals surface area contributed by atoms with Gasteiger partial charge in [0.1, 0.15) is 0 Å². The quantitative estimate of drug-likeness (QED) is 0.853. The van der Waals surface area contributed by atoms with Crippen LogP contribution in [0.25, 0.3) is 0 Å². The third kappa shape index (κ3) is 3.07. The van der Waals surface area contributed by atoms with Crippen molar-refractivity contribution in [2.75, 3.05) is 4.90 Å². The molecule has 0 atom stereocenters. The Kier molecular flexibility index (Phi) is 4.04. The largest absolute Gasteiger partial charge is 0.416 e. The second kappa shape index (κ2) is 5.48. The summed E-state index contributed by atoms with van der Waals surface area (Å²) in [6.45, 7) is 1.59. The first-order valence-electron chi connectivity index (χ1n) is 6.50. The Morgan fingerprint density at radius 3 is 2.29 bits per heavy atom. The molecule has 1 fully saturated rings. The van der Waals surface area contributed by atoms with Crippen LogP contribution in [-0.2, 0) is 22.3 Å². The van der Waals surface area contributed by atoms with Crippen LogP contribution in [0.2, 0.25) is 0 Å². The van der Waals surface area contributed by atoms with Crippen LogP contribution in [0, 0.1) is 5.92 Å². The third-order valence-corrected chi connectivity index (χ3v) is 3.41. The van der Waals surface area contributed by atoms with Gasteiger partial charge in [0.2, 0.25) is 11.8 Å². The second-order valence-electron chi connectivity index (χ2n) is 5.18. The number of hydrogen-bond donors (Lipinski definition) is 1. The Labute approximate surface area is 119 Å². The lowest BCUT2D eigenvalue weighted by Gasteiger charge is -2.30. The van der Waals surface area contributed by atoms with Gasteiger partial charge in [-0.15, -0.1) is 0 Å². The number of rotatable bonds is 2. The Hall–Kier alpha value is -1.89. The number of amides is 2. The maximum absolute atomic E-state index is 12.7. The van der Waals surface area contributed by atoms with Crippen LogP contribution in [-0.4, -0.2) is 11.8 Å². The number of carbonyl (C=O) groups excluding carboxylic acids is 2. The van der Waals surface area contributed by atoms with Crippen LogP contribution in [0.1, 0.15) is 30.9 Å². The topological polar surface area (TPSA) is 63.4 Å². The summed E-state index contributed by atoms with van der Waals surface area (Å²) < 4.78 is 38.1. The van der Waals surface area contributed by atoms with Gasteiger partial charge in [0.25, 0.3) is 0 Å². The highest BCUT2D eigenvalue weighted by Gasteiger charge is 2.35. The molecule has 1 aromatic rings. The van der Waals surface area contributed by atoms with Crippen molar-refractivity contribution in [1.82, 2.24) is 0 Å². The minimum absolute atomic E-state index is 0.0583. The first kappa shape index (κ1) is 15.5. The van der Waals surface area contributed by atoms with E-state index < -0.39 is 23.6 Å². The molecule has 21 heavy (non-hydrogen) atoms. The minimum Gasteiger partial charge on any atom is -0.326 e. The number of nitrogens with two attached hydrogens (primary N) is 1. The lowest BCUT2D eigenvalue weighted by Crippen LogP contribution is -2.43. The fourth-order valence-corrected chi connectivity index (χ4v) is 2.40. The summed E-state index contributed by atoms with van der Waals surface area (Å²) in [6, 6.07) is 2.87. The summed E-state index contributed by atoms with van der Waals surface area (Å²) >= 11 is 0. The van der Waals surface area contributed by atoms with E-state index in [1.165, 1.54) is 0 Å². The average Bonchev–Trinajstić information content (AvgIpc) is 2.36. The van der Waals surface area contributed by atoms with Crippen molar-refractivity contribution in [3.05, 3.63) is 29.3 Å². The number of nitrogens with zero attached hydrogens (tertiary/aromatic N) is 1. The maximum Gasteiger partial charge on any atom is 0.416 e. The summed E-state index contributed by atoms with van der Waals surface area (Å²) in [5, 5.41) is 0. The molecule has 1 aliphatic heterocycles. The number of piperidine rings is 1. The van der Waals surface area contributed by atoms with Crippen molar-refractivity contribution in [3.63, 3.8) is 0 Å². The maximum atomic E-state index is 12.7. The number of alkyl halides is 3. The summed E-state index contributed by atoms with van der Waals surface area (Å²) in [5.74, 6) is -0.876. The van der Waals surface area contributed by atoms with E-state index >= 15 is 0 Å². The molecule has 0 bridgehead atoms. The van der Waals surface area contributed by atoms with E-state index in [1.807, 2.05) is 0 Å². The van der Waals surface area contributed by atoms with Gasteiger partial charge in [-0.25, -0.2) is 0 Å². The van der Waals surface area contributed by atoms with Crippen molar-refractivity contribution in [2.45, 2.75) is 32.5 Å². The monoisotopic (exact) mass is 300 g/mol. The molecular formula is C14H15F3N2O2. The molecule has 1 aliphatic rings. The third-order valence-electron chi connectivity index (χ3n) is 3.41.